The fourth-order valence-electron chi connectivity index (χ4n) is 1.26. The normalized spacial score (nSPS) is 31.5. The molecule has 0 aromatic rings. The van der Waals surface area contributed by atoms with E-state index in [2.05, 4.69) is 11.7 Å². The van der Waals surface area contributed by atoms with Gasteiger partial charge in [-0.05, 0) is 18.8 Å². The minimum atomic E-state index is -0.316. The van der Waals surface area contributed by atoms with Gasteiger partial charge >= 0.3 is 5.97 Å². The van der Waals surface area contributed by atoms with Gasteiger partial charge in [-0.2, -0.15) is 0 Å². The molecule has 1 aliphatic rings. The second-order valence-electron chi connectivity index (χ2n) is 3.01. The van der Waals surface area contributed by atoms with Crippen molar-refractivity contribution >= 4 is 5.97 Å². The van der Waals surface area contributed by atoms with Gasteiger partial charge < -0.3 is 9.47 Å². The van der Waals surface area contributed by atoms with Crippen molar-refractivity contribution < 1.29 is 14.3 Å². The van der Waals surface area contributed by atoms with Gasteiger partial charge in [0.25, 0.3) is 0 Å². The van der Waals surface area contributed by atoms with E-state index in [1.54, 1.807) is 0 Å². The van der Waals surface area contributed by atoms with Crippen molar-refractivity contribution in [3.05, 3.63) is 0 Å². The molecule has 1 saturated heterocycles. The average molecular weight is 158 g/mol. The maximum Gasteiger partial charge on any atom is 0.334 e. The van der Waals surface area contributed by atoms with Crippen LogP contribution in [0.3, 0.4) is 0 Å². The highest BCUT2D eigenvalue weighted by molar-refractivity contribution is 5.74. The number of carbonyl (C=O) groups excluding carboxylic acids is 1. The molecule has 0 amide bonds. The number of rotatable bonds is 1. The van der Waals surface area contributed by atoms with Crippen LogP contribution in [-0.2, 0) is 14.3 Å². The molecule has 2 atom stereocenters. The molecule has 64 valence electrons. The molecule has 1 fully saturated rings. The Hall–Kier alpha value is -0.570. The van der Waals surface area contributed by atoms with Gasteiger partial charge in [-0.1, -0.05) is 6.92 Å². The van der Waals surface area contributed by atoms with E-state index in [1.807, 2.05) is 0 Å². The van der Waals surface area contributed by atoms with Crippen LogP contribution in [-0.4, -0.2) is 25.8 Å². The zero-order valence-corrected chi connectivity index (χ0v) is 7.00. The Kier molecular flexibility index (Phi) is 2.88. The molecule has 11 heavy (non-hydrogen) atoms. The largest absolute Gasteiger partial charge is 0.467 e. The Morgan fingerprint density at radius 3 is 2.91 bits per heavy atom. The molecule has 1 heterocycles. The number of methoxy groups -OCH3 is 1. The highest BCUT2D eigenvalue weighted by Crippen LogP contribution is 2.19. The first kappa shape index (κ1) is 8.53. The molecule has 0 N–H and O–H groups in total. The van der Waals surface area contributed by atoms with Gasteiger partial charge in [-0.25, -0.2) is 4.79 Å². The summed E-state index contributed by atoms with van der Waals surface area (Å²) in [5.41, 5.74) is 0. The molecular weight excluding hydrogens is 144 g/mol. The first-order valence-corrected chi connectivity index (χ1v) is 3.93. The third kappa shape index (κ3) is 2.19. The maximum absolute atomic E-state index is 11.0. The first-order valence-electron chi connectivity index (χ1n) is 3.93. The third-order valence-electron chi connectivity index (χ3n) is 2.01. The van der Waals surface area contributed by atoms with Crippen molar-refractivity contribution in [2.45, 2.75) is 25.9 Å². The van der Waals surface area contributed by atoms with Crippen LogP contribution < -0.4 is 0 Å². The first-order chi connectivity index (χ1) is 5.24. The van der Waals surface area contributed by atoms with Crippen molar-refractivity contribution in [3.63, 3.8) is 0 Å². The van der Waals surface area contributed by atoms with Gasteiger partial charge in [-0.15, -0.1) is 0 Å². The molecule has 3 heteroatoms. The van der Waals surface area contributed by atoms with E-state index in [9.17, 15) is 4.79 Å². The van der Waals surface area contributed by atoms with Gasteiger partial charge in [-0.3, -0.25) is 0 Å². The lowest BCUT2D eigenvalue weighted by molar-refractivity contribution is -0.158. The SMILES string of the molecule is COC(=O)[C@@H]1C[C@H](C)CCO1. The number of hydrogen-bond donors (Lipinski definition) is 0. The topological polar surface area (TPSA) is 35.5 Å². The van der Waals surface area contributed by atoms with Crippen molar-refractivity contribution in [2.75, 3.05) is 13.7 Å². The van der Waals surface area contributed by atoms with Gasteiger partial charge in [0.1, 0.15) is 0 Å². The van der Waals surface area contributed by atoms with E-state index in [-0.39, 0.29) is 12.1 Å². The fraction of sp³-hybridized carbons (Fsp3) is 0.875. The summed E-state index contributed by atoms with van der Waals surface area (Å²) in [6, 6.07) is 0. The molecule has 0 saturated carbocycles. The summed E-state index contributed by atoms with van der Waals surface area (Å²) in [4.78, 5) is 11.0. The van der Waals surface area contributed by atoms with Gasteiger partial charge in [0.05, 0.1) is 7.11 Å². The molecule has 0 aliphatic carbocycles. The third-order valence-corrected chi connectivity index (χ3v) is 2.01. The van der Waals surface area contributed by atoms with E-state index in [1.165, 1.54) is 7.11 Å². The second kappa shape index (κ2) is 3.72. The molecular formula is C8H14O3. The Morgan fingerprint density at radius 2 is 2.36 bits per heavy atom. The molecule has 3 nitrogen and oxygen atoms in total. The lowest BCUT2D eigenvalue weighted by Gasteiger charge is -2.24. The number of esters is 1. The van der Waals surface area contributed by atoms with Crippen LogP contribution in [0.4, 0.5) is 0 Å². The lowest BCUT2D eigenvalue weighted by Crippen LogP contribution is -2.32. The van der Waals surface area contributed by atoms with E-state index < -0.39 is 0 Å². The molecule has 0 spiro atoms. The van der Waals surface area contributed by atoms with Crippen LogP contribution in [0.1, 0.15) is 19.8 Å². The Labute approximate surface area is 66.7 Å². The minimum Gasteiger partial charge on any atom is -0.467 e. The summed E-state index contributed by atoms with van der Waals surface area (Å²) in [6.45, 7) is 2.80. The quantitative estimate of drug-likeness (QED) is 0.533. The van der Waals surface area contributed by atoms with E-state index >= 15 is 0 Å². The number of hydrogen-bond acceptors (Lipinski definition) is 3. The molecule has 0 aromatic heterocycles. The van der Waals surface area contributed by atoms with Gasteiger partial charge in [0.2, 0.25) is 0 Å². The van der Waals surface area contributed by atoms with Crippen LogP contribution in [0.2, 0.25) is 0 Å². The van der Waals surface area contributed by atoms with Crippen LogP contribution in [0.5, 0.6) is 0 Å². The van der Waals surface area contributed by atoms with Crippen molar-refractivity contribution in [1.82, 2.24) is 0 Å². The summed E-state index contributed by atoms with van der Waals surface area (Å²) in [6.07, 6.45) is 1.53. The fourth-order valence-corrected chi connectivity index (χ4v) is 1.26. The summed E-state index contributed by atoms with van der Waals surface area (Å²) in [5.74, 6) is 0.337. The highest BCUT2D eigenvalue weighted by Gasteiger charge is 2.26. The molecule has 1 rings (SSSR count). The molecule has 0 aromatic carbocycles. The highest BCUT2D eigenvalue weighted by atomic mass is 16.6. The molecule has 0 radical (unpaired) electrons. The predicted octanol–water partition coefficient (Wildman–Crippen LogP) is 0.974. The van der Waals surface area contributed by atoms with Crippen LogP contribution >= 0.6 is 0 Å². The zero-order chi connectivity index (χ0) is 8.27. The Morgan fingerprint density at radius 1 is 1.64 bits per heavy atom. The summed E-state index contributed by atoms with van der Waals surface area (Å²) >= 11 is 0. The van der Waals surface area contributed by atoms with Crippen molar-refractivity contribution in [3.8, 4) is 0 Å². The monoisotopic (exact) mass is 158 g/mol. The minimum absolute atomic E-state index is 0.239. The van der Waals surface area contributed by atoms with Gasteiger partial charge in [0.15, 0.2) is 6.10 Å². The van der Waals surface area contributed by atoms with E-state index in [0.717, 1.165) is 12.8 Å². The summed E-state index contributed by atoms with van der Waals surface area (Å²) in [7, 11) is 1.39. The lowest BCUT2D eigenvalue weighted by atomic mass is 9.98. The predicted molar refractivity (Wildman–Crippen MR) is 40.2 cm³/mol. The molecule has 1 aliphatic heterocycles. The average Bonchev–Trinajstić information content (AvgIpc) is 2.03. The van der Waals surface area contributed by atoms with Crippen LogP contribution in [0.25, 0.3) is 0 Å². The molecule has 0 bridgehead atoms. The van der Waals surface area contributed by atoms with Gasteiger partial charge in [0, 0.05) is 6.61 Å². The number of ether oxygens (including phenoxy) is 2. The Balaban J connectivity index is 2.39. The smallest absolute Gasteiger partial charge is 0.334 e. The van der Waals surface area contributed by atoms with Crippen molar-refractivity contribution in [1.29, 1.82) is 0 Å². The van der Waals surface area contributed by atoms with Crippen LogP contribution in [0.15, 0.2) is 0 Å². The summed E-state index contributed by atoms with van der Waals surface area (Å²) < 4.78 is 9.80. The second-order valence-corrected chi connectivity index (χ2v) is 3.01. The number of carbonyl (C=O) groups is 1. The van der Waals surface area contributed by atoms with Crippen molar-refractivity contribution in [2.24, 2.45) is 5.92 Å². The summed E-state index contributed by atoms with van der Waals surface area (Å²) in [5, 5.41) is 0. The maximum atomic E-state index is 11.0. The standard InChI is InChI=1S/C8H14O3/c1-6-3-4-11-7(5-6)8(9)10-2/h6-7H,3-5H2,1-2H3/t6-,7+/m1/s1. The van der Waals surface area contributed by atoms with E-state index in [0.29, 0.717) is 12.5 Å². The Bertz CT molecular complexity index is 144. The van der Waals surface area contributed by atoms with Crippen LogP contribution in [0, 0.1) is 5.92 Å². The van der Waals surface area contributed by atoms with E-state index in [4.69, 9.17) is 4.74 Å². The molecule has 0 unspecified atom stereocenters. The zero-order valence-electron chi connectivity index (χ0n) is 7.00.